The minimum atomic E-state index is -0.303. The number of hydrogen-bond acceptors (Lipinski definition) is 3. The zero-order chi connectivity index (χ0) is 18.4. The van der Waals surface area contributed by atoms with Gasteiger partial charge in [-0.3, -0.25) is 0 Å². The molecule has 0 aliphatic carbocycles. The fraction of sp³-hybridized carbons (Fsp3) is 0.318. The fourth-order valence-electron chi connectivity index (χ4n) is 3.08. The molecule has 0 aliphatic rings. The average Bonchev–Trinajstić information content (AvgIpc) is 3.06. The Kier molecular flexibility index (Phi) is 6.08. The molecule has 0 amide bonds. The Morgan fingerprint density at radius 2 is 1.85 bits per heavy atom. The van der Waals surface area contributed by atoms with Gasteiger partial charge in [-0.05, 0) is 37.1 Å². The van der Waals surface area contributed by atoms with E-state index in [2.05, 4.69) is 19.1 Å². The Morgan fingerprint density at radius 3 is 2.58 bits per heavy atom. The molecule has 0 N–H and O–H groups in total. The van der Waals surface area contributed by atoms with E-state index in [9.17, 15) is 4.79 Å². The summed E-state index contributed by atoms with van der Waals surface area (Å²) in [5.74, 6) is -0.303. The molecule has 1 unspecified atom stereocenters. The third-order valence-corrected chi connectivity index (χ3v) is 4.35. The van der Waals surface area contributed by atoms with Crippen LogP contribution in [0, 0.1) is 0 Å². The number of hydrogen-bond donors (Lipinski definition) is 0. The number of aromatic nitrogens is 1. The maximum absolute atomic E-state index is 12.4. The smallest absolute Gasteiger partial charge is 0.340 e. The highest BCUT2D eigenvalue weighted by atomic mass is 16.5. The molecule has 1 atom stereocenters. The van der Waals surface area contributed by atoms with Gasteiger partial charge in [-0.2, -0.15) is 0 Å². The average molecular weight is 351 g/mol. The summed E-state index contributed by atoms with van der Waals surface area (Å²) in [7, 11) is 0. The molecular weight excluding hydrogens is 326 g/mol. The van der Waals surface area contributed by atoms with Crippen molar-refractivity contribution >= 4 is 11.5 Å². The van der Waals surface area contributed by atoms with E-state index in [0.29, 0.717) is 18.8 Å². The molecule has 4 heteroatoms. The molecule has 0 radical (unpaired) electrons. The Bertz CT molecular complexity index is 854. The summed E-state index contributed by atoms with van der Waals surface area (Å²) in [6, 6.07) is 17.8. The van der Waals surface area contributed by atoms with Crippen molar-refractivity contribution in [2.24, 2.45) is 0 Å². The molecule has 0 saturated carbocycles. The number of rotatable bonds is 8. The topological polar surface area (TPSA) is 39.9 Å². The highest BCUT2D eigenvalue weighted by Crippen LogP contribution is 2.30. The maximum atomic E-state index is 12.4. The lowest BCUT2D eigenvalue weighted by molar-refractivity contribution is 0.0528. The Labute approximate surface area is 154 Å². The highest BCUT2D eigenvalue weighted by molar-refractivity contribution is 5.97. The molecule has 0 aliphatic heterocycles. The second kappa shape index (κ2) is 8.68. The molecule has 26 heavy (non-hydrogen) atoms. The van der Waals surface area contributed by atoms with Crippen molar-refractivity contribution in [3.8, 4) is 0 Å². The molecule has 3 aromatic rings. The van der Waals surface area contributed by atoms with Gasteiger partial charge in [-0.15, -0.1) is 0 Å². The van der Waals surface area contributed by atoms with Crippen molar-refractivity contribution in [1.29, 1.82) is 0 Å². The van der Waals surface area contributed by atoms with Crippen molar-refractivity contribution in [2.45, 2.75) is 32.8 Å². The van der Waals surface area contributed by atoms with Crippen LogP contribution in [-0.2, 0) is 9.47 Å². The zero-order valence-electron chi connectivity index (χ0n) is 15.4. The van der Waals surface area contributed by atoms with Crippen LogP contribution in [0.4, 0.5) is 0 Å². The van der Waals surface area contributed by atoms with Crippen molar-refractivity contribution in [1.82, 2.24) is 4.40 Å². The van der Waals surface area contributed by atoms with Crippen LogP contribution in [0.2, 0.25) is 0 Å². The zero-order valence-corrected chi connectivity index (χ0v) is 15.4. The van der Waals surface area contributed by atoms with E-state index in [4.69, 9.17) is 9.47 Å². The first-order valence-corrected chi connectivity index (χ1v) is 9.19. The van der Waals surface area contributed by atoms with E-state index in [1.807, 2.05) is 60.0 Å². The van der Waals surface area contributed by atoms with E-state index in [-0.39, 0.29) is 12.1 Å². The van der Waals surface area contributed by atoms with Gasteiger partial charge in [0.15, 0.2) is 0 Å². The standard InChI is InChI=1S/C22H25NO3/c1-3-5-15-26-21(17-11-7-6-8-12-17)20-16-18(22(24)25-4-2)19-13-9-10-14-23(19)20/h6-14,16,21H,3-5,15H2,1-2H3. The van der Waals surface area contributed by atoms with Crippen LogP contribution in [0.3, 0.4) is 0 Å². The van der Waals surface area contributed by atoms with Crippen LogP contribution in [-0.4, -0.2) is 23.6 Å². The fourth-order valence-corrected chi connectivity index (χ4v) is 3.08. The summed E-state index contributed by atoms with van der Waals surface area (Å²) in [4.78, 5) is 12.4. The molecule has 0 bridgehead atoms. The van der Waals surface area contributed by atoms with Crippen molar-refractivity contribution in [3.63, 3.8) is 0 Å². The van der Waals surface area contributed by atoms with E-state index < -0.39 is 0 Å². The highest BCUT2D eigenvalue weighted by Gasteiger charge is 2.23. The lowest BCUT2D eigenvalue weighted by Gasteiger charge is -2.19. The van der Waals surface area contributed by atoms with Gasteiger partial charge in [-0.25, -0.2) is 4.79 Å². The summed E-state index contributed by atoms with van der Waals surface area (Å²) in [6.45, 7) is 4.99. The molecule has 0 spiro atoms. The number of ether oxygens (including phenoxy) is 2. The number of unbranched alkanes of at least 4 members (excludes halogenated alkanes) is 1. The predicted molar refractivity (Wildman–Crippen MR) is 102 cm³/mol. The monoisotopic (exact) mass is 351 g/mol. The molecule has 1 aromatic carbocycles. The Morgan fingerprint density at radius 1 is 1.08 bits per heavy atom. The van der Waals surface area contributed by atoms with Crippen molar-refractivity contribution in [3.05, 3.63) is 77.6 Å². The van der Waals surface area contributed by atoms with Gasteiger partial charge in [0, 0.05) is 12.8 Å². The minimum Gasteiger partial charge on any atom is -0.462 e. The Hall–Kier alpha value is -2.59. The van der Waals surface area contributed by atoms with E-state index in [1.54, 1.807) is 0 Å². The molecular formula is C22H25NO3. The summed E-state index contributed by atoms with van der Waals surface area (Å²) in [5.41, 5.74) is 3.41. The first kappa shape index (κ1) is 18.2. The van der Waals surface area contributed by atoms with Crippen LogP contribution >= 0.6 is 0 Å². The van der Waals surface area contributed by atoms with Gasteiger partial charge in [0.2, 0.25) is 0 Å². The van der Waals surface area contributed by atoms with E-state index >= 15 is 0 Å². The number of benzene rings is 1. The van der Waals surface area contributed by atoms with E-state index in [1.165, 1.54) is 0 Å². The number of carbonyl (C=O) groups is 1. The summed E-state index contributed by atoms with van der Waals surface area (Å²) in [5, 5.41) is 0. The lowest BCUT2D eigenvalue weighted by atomic mass is 10.1. The predicted octanol–water partition coefficient (Wildman–Crippen LogP) is 5.02. The van der Waals surface area contributed by atoms with Crippen molar-refractivity contribution in [2.75, 3.05) is 13.2 Å². The number of carbonyl (C=O) groups excluding carboxylic acids is 1. The normalized spacial score (nSPS) is 12.2. The van der Waals surface area contributed by atoms with Gasteiger partial charge in [0.05, 0.1) is 23.4 Å². The number of fused-ring (bicyclic) bond motifs is 1. The molecule has 2 aromatic heterocycles. The van der Waals surface area contributed by atoms with Crippen molar-refractivity contribution < 1.29 is 14.3 Å². The number of pyridine rings is 1. The largest absolute Gasteiger partial charge is 0.462 e. The van der Waals surface area contributed by atoms with Gasteiger partial charge in [0.25, 0.3) is 0 Å². The second-order valence-corrected chi connectivity index (χ2v) is 6.17. The van der Waals surface area contributed by atoms with Gasteiger partial charge in [0.1, 0.15) is 6.10 Å². The van der Waals surface area contributed by atoms with Gasteiger partial charge in [-0.1, -0.05) is 49.7 Å². The quantitative estimate of drug-likeness (QED) is 0.422. The maximum Gasteiger partial charge on any atom is 0.340 e. The van der Waals surface area contributed by atoms with Crippen LogP contribution in [0.15, 0.2) is 60.8 Å². The third kappa shape index (κ3) is 3.81. The first-order chi connectivity index (χ1) is 12.8. The van der Waals surface area contributed by atoms with Crippen LogP contribution in [0.5, 0.6) is 0 Å². The summed E-state index contributed by atoms with van der Waals surface area (Å²) >= 11 is 0. The SMILES string of the molecule is CCCCOC(c1ccccc1)c1cc(C(=O)OCC)c2ccccn12. The minimum absolute atomic E-state index is 0.235. The first-order valence-electron chi connectivity index (χ1n) is 9.19. The van der Waals surface area contributed by atoms with Crippen LogP contribution in [0.1, 0.15) is 54.4 Å². The van der Waals surface area contributed by atoms with E-state index in [0.717, 1.165) is 29.6 Å². The third-order valence-electron chi connectivity index (χ3n) is 4.35. The van der Waals surface area contributed by atoms with Crippen LogP contribution < -0.4 is 0 Å². The molecule has 2 heterocycles. The van der Waals surface area contributed by atoms with Gasteiger partial charge >= 0.3 is 5.97 Å². The Balaban J connectivity index is 2.08. The number of nitrogens with zero attached hydrogens (tertiary/aromatic N) is 1. The summed E-state index contributed by atoms with van der Waals surface area (Å²) < 4.78 is 13.5. The molecule has 3 rings (SSSR count). The second-order valence-electron chi connectivity index (χ2n) is 6.17. The summed E-state index contributed by atoms with van der Waals surface area (Å²) in [6.07, 6.45) is 3.80. The number of esters is 1. The molecule has 4 nitrogen and oxygen atoms in total. The van der Waals surface area contributed by atoms with Gasteiger partial charge < -0.3 is 13.9 Å². The van der Waals surface area contributed by atoms with Crippen LogP contribution in [0.25, 0.3) is 5.52 Å². The lowest BCUT2D eigenvalue weighted by Crippen LogP contribution is -2.10. The molecule has 0 saturated heterocycles. The molecule has 0 fully saturated rings. The molecule has 136 valence electrons.